The lowest BCUT2D eigenvalue weighted by atomic mass is 10.2. The van der Waals surface area contributed by atoms with Crippen LogP contribution in [-0.4, -0.2) is 17.7 Å². The van der Waals surface area contributed by atoms with E-state index in [1.165, 1.54) is 0 Å². The zero-order chi connectivity index (χ0) is 10.4. The Morgan fingerprint density at radius 2 is 2.36 bits per heavy atom. The Labute approximate surface area is 83.3 Å². The standard InChI is InChI=1S/C10H14N2O2/c1-3-14-10(13)12-7-9-5-4-8(2)11-6-9/h4-6H,3,7H2,1-2H3,(H,12,13). The number of aromatic nitrogens is 1. The molecule has 0 aliphatic carbocycles. The Morgan fingerprint density at radius 3 is 2.93 bits per heavy atom. The summed E-state index contributed by atoms with van der Waals surface area (Å²) in [4.78, 5) is 15.0. The van der Waals surface area contributed by atoms with Crippen molar-refractivity contribution in [2.24, 2.45) is 0 Å². The van der Waals surface area contributed by atoms with E-state index < -0.39 is 6.09 Å². The van der Waals surface area contributed by atoms with Crippen molar-refractivity contribution >= 4 is 6.09 Å². The molecule has 0 saturated heterocycles. The lowest BCUT2D eigenvalue weighted by molar-refractivity contribution is 0.151. The predicted molar refractivity (Wildman–Crippen MR) is 52.8 cm³/mol. The minimum Gasteiger partial charge on any atom is -0.450 e. The number of hydrogen-bond donors (Lipinski definition) is 1. The van der Waals surface area contributed by atoms with Gasteiger partial charge in [-0.05, 0) is 25.5 Å². The number of aryl methyl sites for hydroxylation is 1. The normalized spacial score (nSPS) is 9.57. The molecule has 0 unspecified atom stereocenters. The summed E-state index contributed by atoms with van der Waals surface area (Å²) in [5.74, 6) is 0. The molecule has 0 radical (unpaired) electrons. The van der Waals surface area contributed by atoms with Crippen molar-refractivity contribution in [3.05, 3.63) is 29.6 Å². The average Bonchev–Trinajstić information content (AvgIpc) is 2.17. The molecule has 1 aromatic heterocycles. The number of nitrogens with one attached hydrogen (secondary N) is 1. The first-order chi connectivity index (χ1) is 6.72. The first kappa shape index (κ1) is 10.5. The minimum atomic E-state index is -0.395. The second-order valence-electron chi connectivity index (χ2n) is 2.88. The van der Waals surface area contributed by atoms with Crippen LogP contribution in [0.3, 0.4) is 0 Å². The molecule has 0 fully saturated rings. The van der Waals surface area contributed by atoms with Crippen LogP contribution in [0.5, 0.6) is 0 Å². The lowest BCUT2D eigenvalue weighted by Crippen LogP contribution is -2.23. The molecule has 1 heterocycles. The van der Waals surface area contributed by atoms with Gasteiger partial charge in [0.15, 0.2) is 0 Å². The number of ether oxygens (including phenoxy) is 1. The Bertz CT molecular complexity index is 295. The van der Waals surface area contributed by atoms with Gasteiger partial charge in [0.05, 0.1) is 6.61 Å². The van der Waals surface area contributed by atoms with Crippen LogP contribution in [0.1, 0.15) is 18.2 Å². The van der Waals surface area contributed by atoms with E-state index in [2.05, 4.69) is 10.3 Å². The summed E-state index contributed by atoms with van der Waals surface area (Å²) in [6, 6.07) is 3.83. The lowest BCUT2D eigenvalue weighted by Gasteiger charge is -2.04. The number of carbonyl (C=O) groups is 1. The maximum atomic E-state index is 10.9. The van der Waals surface area contributed by atoms with Crippen molar-refractivity contribution in [2.45, 2.75) is 20.4 Å². The van der Waals surface area contributed by atoms with Crippen molar-refractivity contribution in [3.8, 4) is 0 Å². The smallest absolute Gasteiger partial charge is 0.407 e. The Hall–Kier alpha value is -1.58. The van der Waals surface area contributed by atoms with E-state index in [1.54, 1.807) is 13.1 Å². The summed E-state index contributed by atoms with van der Waals surface area (Å²) in [6.45, 7) is 4.53. The minimum absolute atomic E-state index is 0.387. The molecule has 0 atom stereocenters. The SMILES string of the molecule is CCOC(=O)NCc1ccc(C)nc1. The van der Waals surface area contributed by atoms with E-state index in [0.717, 1.165) is 11.3 Å². The number of alkyl carbamates (subject to hydrolysis) is 1. The second kappa shape index (κ2) is 5.21. The van der Waals surface area contributed by atoms with E-state index in [1.807, 2.05) is 19.1 Å². The fourth-order valence-electron chi connectivity index (χ4n) is 0.959. The van der Waals surface area contributed by atoms with Gasteiger partial charge in [-0.15, -0.1) is 0 Å². The molecular formula is C10H14N2O2. The molecule has 1 N–H and O–H groups in total. The van der Waals surface area contributed by atoms with Crippen molar-refractivity contribution in [1.82, 2.24) is 10.3 Å². The molecule has 0 aliphatic heterocycles. The van der Waals surface area contributed by atoms with Gasteiger partial charge in [-0.2, -0.15) is 0 Å². The van der Waals surface area contributed by atoms with Gasteiger partial charge in [-0.1, -0.05) is 6.07 Å². The van der Waals surface area contributed by atoms with Gasteiger partial charge in [0.25, 0.3) is 0 Å². The van der Waals surface area contributed by atoms with Crippen LogP contribution in [0.4, 0.5) is 4.79 Å². The number of amides is 1. The fraction of sp³-hybridized carbons (Fsp3) is 0.400. The number of pyridine rings is 1. The molecule has 0 spiro atoms. The van der Waals surface area contributed by atoms with E-state index in [-0.39, 0.29) is 0 Å². The van der Waals surface area contributed by atoms with Gasteiger partial charge in [0, 0.05) is 18.4 Å². The number of hydrogen-bond acceptors (Lipinski definition) is 3. The molecular weight excluding hydrogens is 180 g/mol. The Kier molecular flexibility index (Phi) is 3.91. The van der Waals surface area contributed by atoms with Crippen LogP contribution >= 0.6 is 0 Å². The van der Waals surface area contributed by atoms with Crippen LogP contribution in [0.25, 0.3) is 0 Å². The maximum Gasteiger partial charge on any atom is 0.407 e. The predicted octanol–water partition coefficient (Wildman–Crippen LogP) is 1.64. The highest BCUT2D eigenvalue weighted by atomic mass is 16.5. The number of nitrogens with zero attached hydrogens (tertiary/aromatic N) is 1. The van der Waals surface area contributed by atoms with Crippen LogP contribution < -0.4 is 5.32 Å². The number of carbonyl (C=O) groups excluding carboxylic acids is 1. The van der Waals surface area contributed by atoms with Crippen molar-refractivity contribution in [2.75, 3.05) is 6.61 Å². The van der Waals surface area contributed by atoms with E-state index >= 15 is 0 Å². The molecule has 14 heavy (non-hydrogen) atoms. The third kappa shape index (κ3) is 3.43. The zero-order valence-electron chi connectivity index (χ0n) is 8.41. The van der Waals surface area contributed by atoms with Gasteiger partial charge in [0.1, 0.15) is 0 Å². The van der Waals surface area contributed by atoms with Gasteiger partial charge in [-0.3, -0.25) is 4.98 Å². The second-order valence-corrected chi connectivity index (χ2v) is 2.88. The van der Waals surface area contributed by atoms with Gasteiger partial charge >= 0.3 is 6.09 Å². The van der Waals surface area contributed by atoms with Gasteiger partial charge < -0.3 is 10.1 Å². The molecule has 4 nitrogen and oxygen atoms in total. The van der Waals surface area contributed by atoms with E-state index in [0.29, 0.717) is 13.2 Å². The summed E-state index contributed by atoms with van der Waals surface area (Å²) in [5.41, 5.74) is 1.92. The molecule has 0 aromatic carbocycles. The largest absolute Gasteiger partial charge is 0.450 e. The fourth-order valence-corrected chi connectivity index (χ4v) is 0.959. The maximum absolute atomic E-state index is 10.9. The molecule has 1 rings (SSSR count). The summed E-state index contributed by atoms with van der Waals surface area (Å²) < 4.78 is 4.72. The highest BCUT2D eigenvalue weighted by molar-refractivity contribution is 5.67. The van der Waals surface area contributed by atoms with Crippen LogP contribution in [0.2, 0.25) is 0 Å². The zero-order valence-corrected chi connectivity index (χ0v) is 8.41. The molecule has 76 valence electrons. The van der Waals surface area contributed by atoms with Gasteiger partial charge in [0.2, 0.25) is 0 Å². The first-order valence-corrected chi connectivity index (χ1v) is 4.54. The summed E-state index contributed by atoms with van der Waals surface area (Å²) in [7, 11) is 0. The Balaban J connectivity index is 2.38. The molecule has 0 saturated carbocycles. The topological polar surface area (TPSA) is 51.2 Å². The number of rotatable bonds is 3. The Morgan fingerprint density at radius 1 is 1.57 bits per heavy atom. The first-order valence-electron chi connectivity index (χ1n) is 4.54. The van der Waals surface area contributed by atoms with Crippen LogP contribution in [0, 0.1) is 6.92 Å². The van der Waals surface area contributed by atoms with Crippen molar-refractivity contribution in [1.29, 1.82) is 0 Å². The molecule has 4 heteroatoms. The molecule has 0 bridgehead atoms. The van der Waals surface area contributed by atoms with E-state index in [4.69, 9.17) is 4.74 Å². The molecule has 1 aromatic rings. The van der Waals surface area contributed by atoms with Crippen molar-refractivity contribution < 1.29 is 9.53 Å². The summed E-state index contributed by atoms with van der Waals surface area (Å²) >= 11 is 0. The third-order valence-corrected chi connectivity index (χ3v) is 1.68. The monoisotopic (exact) mass is 194 g/mol. The van der Waals surface area contributed by atoms with Gasteiger partial charge in [-0.25, -0.2) is 4.79 Å². The highest BCUT2D eigenvalue weighted by Crippen LogP contribution is 1.98. The average molecular weight is 194 g/mol. The summed E-state index contributed by atoms with van der Waals surface area (Å²) in [5, 5.41) is 2.62. The molecule has 0 aliphatic rings. The quantitative estimate of drug-likeness (QED) is 0.795. The van der Waals surface area contributed by atoms with Crippen LogP contribution in [0.15, 0.2) is 18.3 Å². The van der Waals surface area contributed by atoms with Crippen LogP contribution in [-0.2, 0) is 11.3 Å². The summed E-state index contributed by atoms with van der Waals surface area (Å²) in [6.07, 6.45) is 1.34. The highest BCUT2D eigenvalue weighted by Gasteiger charge is 1.99. The van der Waals surface area contributed by atoms with Crippen molar-refractivity contribution in [3.63, 3.8) is 0 Å². The third-order valence-electron chi connectivity index (χ3n) is 1.68. The molecule has 1 amide bonds. The van der Waals surface area contributed by atoms with E-state index in [9.17, 15) is 4.79 Å².